The Morgan fingerprint density at radius 1 is 1.25 bits per heavy atom. The first-order valence-electron chi connectivity index (χ1n) is 8.96. The van der Waals surface area contributed by atoms with E-state index in [0.29, 0.717) is 16.6 Å². The molecule has 0 radical (unpaired) electrons. The van der Waals surface area contributed by atoms with Crippen LogP contribution < -0.4 is 15.0 Å². The molecule has 7 heteroatoms. The molecule has 0 saturated heterocycles. The van der Waals surface area contributed by atoms with Gasteiger partial charge in [-0.2, -0.15) is 0 Å². The second-order valence-electron chi connectivity index (χ2n) is 6.43. The number of nitrogens with zero attached hydrogens (tertiary/aromatic N) is 2. The van der Waals surface area contributed by atoms with Gasteiger partial charge in [-0.25, -0.2) is 4.98 Å². The Morgan fingerprint density at radius 3 is 2.64 bits per heavy atom. The highest BCUT2D eigenvalue weighted by atomic mass is 35.5. The maximum atomic E-state index is 12.3. The Balaban J connectivity index is 1.74. The maximum absolute atomic E-state index is 12.3. The van der Waals surface area contributed by atoms with Crippen molar-refractivity contribution in [2.75, 3.05) is 12.0 Å². The highest BCUT2D eigenvalue weighted by Crippen LogP contribution is 2.35. The van der Waals surface area contributed by atoms with Gasteiger partial charge >= 0.3 is 0 Å². The molecule has 2 N–H and O–H groups in total. The molecule has 3 rings (SSSR count). The first-order chi connectivity index (χ1) is 13.5. The van der Waals surface area contributed by atoms with E-state index in [1.807, 2.05) is 53.9 Å². The van der Waals surface area contributed by atoms with Crippen molar-refractivity contribution >= 4 is 39.7 Å². The lowest BCUT2D eigenvalue weighted by Gasteiger charge is -2.20. The van der Waals surface area contributed by atoms with Crippen molar-refractivity contribution in [2.45, 2.75) is 26.4 Å². The van der Waals surface area contributed by atoms with Crippen LogP contribution in [-0.4, -0.2) is 18.0 Å². The quantitative estimate of drug-likeness (QED) is 0.624. The molecule has 146 valence electrons. The standard InChI is InChI=1S/C21H22ClN3O2S/c1-14(16-8-10-17(22)11-9-16)23-12-18-13-28-21(24-18)25(15(2)26)19-6-4-5-7-20(19)27-3/h4-11,13-14,23H,12H2,1-3H3/p+1/t14-/m1/s1. The average Bonchev–Trinajstić information content (AvgIpc) is 3.15. The van der Waals surface area contributed by atoms with E-state index in [1.165, 1.54) is 23.8 Å². The molecule has 0 spiro atoms. The molecule has 1 aromatic heterocycles. The third kappa shape index (κ3) is 4.70. The van der Waals surface area contributed by atoms with Crippen molar-refractivity contribution < 1.29 is 14.8 Å². The number of thiazole rings is 1. The zero-order valence-corrected chi connectivity index (χ0v) is 17.6. The van der Waals surface area contributed by atoms with Gasteiger partial charge in [0, 0.05) is 22.9 Å². The molecule has 0 aliphatic carbocycles. The lowest BCUT2D eigenvalue weighted by Crippen LogP contribution is -2.83. The van der Waals surface area contributed by atoms with Crippen LogP contribution in [0.3, 0.4) is 0 Å². The van der Waals surface area contributed by atoms with E-state index >= 15 is 0 Å². The van der Waals surface area contributed by atoms with Gasteiger partial charge in [-0.1, -0.05) is 35.9 Å². The molecule has 5 nitrogen and oxygen atoms in total. The maximum Gasteiger partial charge on any atom is 0.230 e. The van der Waals surface area contributed by atoms with Crippen molar-refractivity contribution in [2.24, 2.45) is 0 Å². The number of anilines is 2. The van der Waals surface area contributed by atoms with Crippen LogP contribution in [0.4, 0.5) is 10.8 Å². The third-order valence-electron chi connectivity index (χ3n) is 4.45. The van der Waals surface area contributed by atoms with Gasteiger partial charge in [0.15, 0.2) is 5.13 Å². The fourth-order valence-corrected chi connectivity index (χ4v) is 3.93. The predicted molar refractivity (Wildman–Crippen MR) is 113 cm³/mol. The van der Waals surface area contributed by atoms with Gasteiger partial charge < -0.3 is 10.1 Å². The number of carbonyl (C=O) groups is 1. The summed E-state index contributed by atoms with van der Waals surface area (Å²) in [5, 5.41) is 5.58. The number of halogens is 1. The van der Waals surface area contributed by atoms with Crippen LogP contribution in [0.25, 0.3) is 0 Å². The van der Waals surface area contributed by atoms with Crippen molar-refractivity contribution in [3.63, 3.8) is 0 Å². The van der Waals surface area contributed by atoms with Gasteiger partial charge in [-0.05, 0) is 31.2 Å². The number of para-hydroxylation sites is 2. The lowest BCUT2D eigenvalue weighted by atomic mass is 10.1. The molecule has 0 bridgehead atoms. The minimum absolute atomic E-state index is 0.107. The molecule has 28 heavy (non-hydrogen) atoms. The van der Waals surface area contributed by atoms with Gasteiger partial charge in [0.2, 0.25) is 5.91 Å². The molecular weight excluding hydrogens is 394 g/mol. The normalized spacial score (nSPS) is 11.9. The van der Waals surface area contributed by atoms with Crippen LogP contribution in [0.15, 0.2) is 53.9 Å². The van der Waals surface area contributed by atoms with E-state index in [2.05, 4.69) is 17.2 Å². The summed E-state index contributed by atoms with van der Waals surface area (Å²) in [5.74, 6) is 0.529. The van der Waals surface area contributed by atoms with Gasteiger partial charge in [-0.3, -0.25) is 9.69 Å². The van der Waals surface area contributed by atoms with E-state index in [0.717, 1.165) is 17.3 Å². The van der Waals surface area contributed by atoms with E-state index in [9.17, 15) is 4.79 Å². The van der Waals surface area contributed by atoms with Crippen molar-refractivity contribution in [1.29, 1.82) is 0 Å². The number of rotatable bonds is 7. The Hall–Kier alpha value is -2.41. The SMILES string of the molecule is COc1ccccc1N(C(C)=O)c1nc(C[NH2+][C@H](C)c2ccc(Cl)cc2)cs1. The Labute approximate surface area is 173 Å². The molecule has 0 fully saturated rings. The number of amides is 1. The van der Waals surface area contributed by atoms with E-state index in [-0.39, 0.29) is 11.9 Å². The van der Waals surface area contributed by atoms with Crippen LogP contribution in [0.2, 0.25) is 5.02 Å². The van der Waals surface area contributed by atoms with Crippen molar-refractivity contribution in [3.05, 3.63) is 70.2 Å². The Kier molecular flexibility index (Phi) is 6.67. The Morgan fingerprint density at radius 2 is 1.96 bits per heavy atom. The molecule has 1 atom stereocenters. The molecular formula is C21H23ClN3O2S+. The fraction of sp³-hybridized carbons (Fsp3) is 0.238. The summed E-state index contributed by atoms with van der Waals surface area (Å²) < 4.78 is 5.41. The summed E-state index contributed by atoms with van der Waals surface area (Å²) in [4.78, 5) is 18.6. The number of ether oxygens (including phenoxy) is 1. The first-order valence-corrected chi connectivity index (χ1v) is 10.2. The second kappa shape index (κ2) is 9.19. The summed E-state index contributed by atoms with van der Waals surface area (Å²) in [7, 11) is 1.59. The van der Waals surface area contributed by atoms with Crippen molar-refractivity contribution in [3.8, 4) is 5.75 Å². The summed E-state index contributed by atoms with van der Waals surface area (Å²) >= 11 is 7.41. The number of aromatic nitrogens is 1. The molecule has 0 unspecified atom stereocenters. The van der Waals surface area contributed by atoms with Gasteiger partial charge in [0.05, 0.1) is 12.8 Å². The zero-order chi connectivity index (χ0) is 20.1. The molecule has 2 aromatic carbocycles. The van der Waals surface area contributed by atoms with Gasteiger partial charge in [0.1, 0.15) is 24.0 Å². The van der Waals surface area contributed by atoms with Crippen molar-refractivity contribution in [1.82, 2.24) is 4.98 Å². The third-order valence-corrected chi connectivity index (χ3v) is 5.57. The van der Waals surface area contributed by atoms with Crippen LogP contribution in [0.5, 0.6) is 5.75 Å². The minimum Gasteiger partial charge on any atom is -0.495 e. The summed E-state index contributed by atoms with van der Waals surface area (Å²) in [6, 6.07) is 15.6. The number of nitrogens with two attached hydrogens (primary N) is 1. The molecule has 1 amide bonds. The lowest BCUT2D eigenvalue weighted by molar-refractivity contribution is -0.708. The summed E-state index contributed by atoms with van der Waals surface area (Å²) in [6.07, 6.45) is 0. The summed E-state index contributed by atoms with van der Waals surface area (Å²) in [5.41, 5.74) is 2.83. The van der Waals surface area contributed by atoms with Crippen LogP contribution >= 0.6 is 22.9 Å². The van der Waals surface area contributed by atoms with Crippen LogP contribution in [0, 0.1) is 0 Å². The number of benzene rings is 2. The number of hydrogen-bond acceptors (Lipinski definition) is 4. The highest BCUT2D eigenvalue weighted by Gasteiger charge is 2.21. The monoisotopic (exact) mass is 416 g/mol. The molecule has 0 aliphatic rings. The topological polar surface area (TPSA) is 59.0 Å². The smallest absolute Gasteiger partial charge is 0.230 e. The highest BCUT2D eigenvalue weighted by molar-refractivity contribution is 7.14. The molecule has 0 aliphatic heterocycles. The average molecular weight is 417 g/mol. The largest absolute Gasteiger partial charge is 0.495 e. The van der Waals surface area contributed by atoms with Crippen LogP contribution in [0.1, 0.15) is 31.1 Å². The Bertz CT molecular complexity index is 943. The molecule has 3 aromatic rings. The predicted octanol–water partition coefficient (Wildman–Crippen LogP) is 4.31. The number of hydrogen-bond donors (Lipinski definition) is 1. The van der Waals surface area contributed by atoms with Crippen LogP contribution in [-0.2, 0) is 11.3 Å². The zero-order valence-electron chi connectivity index (χ0n) is 16.1. The fourth-order valence-electron chi connectivity index (χ4n) is 2.91. The van der Waals surface area contributed by atoms with E-state index < -0.39 is 0 Å². The number of methoxy groups -OCH3 is 1. The first kappa shape index (κ1) is 20.3. The minimum atomic E-state index is -0.107. The molecule has 0 saturated carbocycles. The number of quaternary nitrogens is 1. The van der Waals surface area contributed by atoms with Gasteiger partial charge in [0.25, 0.3) is 0 Å². The number of carbonyl (C=O) groups excluding carboxylic acids is 1. The van der Waals surface area contributed by atoms with Gasteiger partial charge in [-0.15, -0.1) is 11.3 Å². The summed E-state index contributed by atoms with van der Waals surface area (Å²) in [6.45, 7) is 4.40. The second-order valence-corrected chi connectivity index (χ2v) is 7.70. The van der Waals surface area contributed by atoms with E-state index in [1.54, 1.807) is 12.0 Å². The van der Waals surface area contributed by atoms with E-state index in [4.69, 9.17) is 16.3 Å². The molecule has 1 heterocycles.